The third-order valence-corrected chi connectivity index (χ3v) is 3.33. The van der Waals surface area contributed by atoms with E-state index in [4.69, 9.17) is 0 Å². The maximum absolute atomic E-state index is 3.53. The normalized spacial score (nSPS) is 10.8. The second-order valence-corrected chi connectivity index (χ2v) is 5.66. The zero-order valence-electron chi connectivity index (χ0n) is 9.43. The van der Waals surface area contributed by atoms with Gasteiger partial charge in [-0.2, -0.15) is 0 Å². The SMILES string of the molecule is CC(C)CN(C)c1ccc(Br)cc1CBr. The summed E-state index contributed by atoms with van der Waals surface area (Å²) in [4.78, 5) is 2.31. The summed E-state index contributed by atoms with van der Waals surface area (Å²) in [6.07, 6.45) is 0. The zero-order valence-corrected chi connectivity index (χ0v) is 12.6. The minimum atomic E-state index is 0.682. The molecule has 0 fully saturated rings. The summed E-state index contributed by atoms with van der Waals surface area (Å²) in [6.45, 7) is 5.56. The van der Waals surface area contributed by atoms with Crippen LogP contribution in [0.2, 0.25) is 0 Å². The number of anilines is 1. The van der Waals surface area contributed by atoms with Crippen molar-refractivity contribution in [1.29, 1.82) is 0 Å². The number of nitrogens with zero attached hydrogens (tertiary/aromatic N) is 1. The first-order valence-corrected chi connectivity index (χ1v) is 7.01. The lowest BCUT2D eigenvalue weighted by atomic mass is 10.1. The van der Waals surface area contributed by atoms with Gasteiger partial charge in [-0.25, -0.2) is 0 Å². The number of hydrogen-bond donors (Lipinski definition) is 0. The molecule has 1 aromatic rings. The number of halogens is 2. The summed E-state index contributed by atoms with van der Waals surface area (Å²) >= 11 is 7.03. The van der Waals surface area contributed by atoms with Crippen molar-refractivity contribution in [1.82, 2.24) is 0 Å². The molecule has 1 nitrogen and oxygen atoms in total. The Labute approximate surface area is 109 Å². The highest BCUT2D eigenvalue weighted by Crippen LogP contribution is 2.26. The van der Waals surface area contributed by atoms with Crippen LogP contribution in [-0.4, -0.2) is 13.6 Å². The molecule has 0 aliphatic rings. The fourth-order valence-corrected chi connectivity index (χ4v) is 2.54. The topological polar surface area (TPSA) is 3.24 Å². The van der Waals surface area contributed by atoms with E-state index in [0.717, 1.165) is 16.3 Å². The Balaban J connectivity index is 2.92. The lowest BCUT2D eigenvalue weighted by molar-refractivity contribution is 0.637. The molecule has 0 saturated heterocycles. The summed E-state index contributed by atoms with van der Waals surface area (Å²) in [5, 5.41) is 0.893. The summed E-state index contributed by atoms with van der Waals surface area (Å²) < 4.78 is 1.14. The van der Waals surface area contributed by atoms with E-state index in [-0.39, 0.29) is 0 Å². The highest BCUT2D eigenvalue weighted by Gasteiger charge is 2.08. The van der Waals surface area contributed by atoms with Crippen molar-refractivity contribution >= 4 is 37.5 Å². The Morgan fingerprint density at radius 3 is 2.53 bits per heavy atom. The molecule has 15 heavy (non-hydrogen) atoms. The van der Waals surface area contributed by atoms with E-state index in [9.17, 15) is 0 Å². The highest BCUT2D eigenvalue weighted by molar-refractivity contribution is 9.10. The Hall–Kier alpha value is -0.0200. The van der Waals surface area contributed by atoms with Gasteiger partial charge < -0.3 is 4.90 Å². The van der Waals surface area contributed by atoms with Gasteiger partial charge in [0.15, 0.2) is 0 Å². The predicted octanol–water partition coefficient (Wildman–Crippen LogP) is 4.44. The number of alkyl halides is 1. The molecule has 0 heterocycles. The molecule has 0 spiro atoms. The van der Waals surface area contributed by atoms with Crippen LogP contribution < -0.4 is 4.90 Å². The van der Waals surface area contributed by atoms with Crippen LogP contribution in [0.25, 0.3) is 0 Å². The van der Waals surface area contributed by atoms with Crippen LogP contribution in [0.1, 0.15) is 19.4 Å². The molecule has 1 rings (SSSR count). The van der Waals surface area contributed by atoms with Crippen LogP contribution in [0.15, 0.2) is 22.7 Å². The van der Waals surface area contributed by atoms with E-state index < -0.39 is 0 Å². The minimum absolute atomic E-state index is 0.682. The molecule has 1 aromatic carbocycles. The van der Waals surface area contributed by atoms with E-state index in [0.29, 0.717) is 5.92 Å². The van der Waals surface area contributed by atoms with Crippen LogP contribution in [0.3, 0.4) is 0 Å². The van der Waals surface area contributed by atoms with Gasteiger partial charge in [-0.3, -0.25) is 0 Å². The zero-order chi connectivity index (χ0) is 11.4. The van der Waals surface area contributed by atoms with E-state index in [1.807, 2.05) is 0 Å². The second-order valence-electron chi connectivity index (χ2n) is 4.18. The second kappa shape index (κ2) is 5.90. The molecular weight excluding hydrogens is 318 g/mol. The molecule has 0 saturated carbocycles. The van der Waals surface area contributed by atoms with Crippen LogP contribution in [-0.2, 0) is 5.33 Å². The molecule has 84 valence electrons. The Bertz CT molecular complexity index is 323. The van der Waals surface area contributed by atoms with Gasteiger partial charge in [-0.05, 0) is 29.7 Å². The molecule has 0 amide bonds. The minimum Gasteiger partial charge on any atom is -0.374 e. The van der Waals surface area contributed by atoms with Gasteiger partial charge in [-0.1, -0.05) is 45.7 Å². The molecule has 0 aliphatic heterocycles. The Morgan fingerprint density at radius 2 is 2.00 bits per heavy atom. The molecular formula is C12H17Br2N. The van der Waals surface area contributed by atoms with Crippen LogP contribution in [0.5, 0.6) is 0 Å². The van der Waals surface area contributed by atoms with E-state index in [1.165, 1.54) is 11.3 Å². The van der Waals surface area contributed by atoms with Crippen LogP contribution in [0, 0.1) is 5.92 Å². The lowest BCUT2D eigenvalue weighted by Crippen LogP contribution is -2.23. The number of hydrogen-bond acceptors (Lipinski definition) is 1. The molecule has 0 N–H and O–H groups in total. The molecule has 3 heteroatoms. The summed E-state index contributed by atoms with van der Waals surface area (Å²) in [5.41, 5.74) is 2.64. The summed E-state index contributed by atoms with van der Waals surface area (Å²) in [6, 6.07) is 6.43. The first-order valence-electron chi connectivity index (χ1n) is 5.10. The fourth-order valence-electron chi connectivity index (χ4n) is 1.68. The lowest BCUT2D eigenvalue weighted by Gasteiger charge is -2.24. The van der Waals surface area contributed by atoms with Crippen molar-refractivity contribution in [3.8, 4) is 0 Å². The maximum atomic E-state index is 3.53. The first kappa shape index (κ1) is 13.0. The Kier molecular flexibility index (Phi) is 5.13. The van der Waals surface area contributed by atoms with Crippen molar-refractivity contribution in [3.05, 3.63) is 28.2 Å². The van der Waals surface area contributed by atoms with E-state index in [1.54, 1.807) is 0 Å². The Morgan fingerprint density at radius 1 is 1.33 bits per heavy atom. The predicted molar refractivity (Wildman–Crippen MR) is 74.9 cm³/mol. The van der Waals surface area contributed by atoms with Gasteiger partial charge in [-0.15, -0.1) is 0 Å². The molecule has 0 aromatic heterocycles. The van der Waals surface area contributed by atoms with Gasteiger partial charge in [0.1, 0.15) is 0 Å². The highest BCUT2D eigenvalue weighted by atomic mass is 79.9. The van der Waals surface area contributed by atoms with Crippen molar-refractivity contribution in [2.75, 3.05) is 18.5 Å². The molecule has 0 radical (unpaired) electrons. The summed E-state index contributed by atoms with van der Waals surface area (Å²) in [7, 11) is 2.15. The van der Waals surface area contributed by atoms with E-state index >= 15 is 0 Å². The average molecular weight is 335 g/mol. The standard InChI is InChI=1S/C12H17Br2N/c1-9(2)8-15(3)12-5-4-11(14)6-10(12)7-13/h4-6,9H,7-8H2,1-3H3. The van der Waals surface area contributed by atoms with Gasteiger partial charge >= 0.3 is 0 Å². The number of benzene rings is 1. The smallest absolute Gasteiger partial charge is 0.0405 e. The van der Waals surface area contributed by atoms with Gasteiger partial charge in [0.25, 0.3) is 0 Å². The maximum Gasteiger partial charge on any atom is 0.0405 e. The van der Waals surface area contributed by atoms with Crippen molar-refractivity contribution in [2.24, 2.45) is 5.92 Å². The third kappa shape index (κ3) is 3.80. The van der Waals surface area contributed by atoms with Crippen molar-refractivity contribution in [3.63, 3.8) is 0 Å². The van der Waals surface area contributed by atoms with Gasteiger partial charge in [0.05, 0.1) is 0 Å². The number of rotatable bonds is 4. The fraction of sp³-hybridized carbons (Fsp3) is 0.500. The summed E-state index contributed by atoms with van der Waals surface area (Å²) in [5.74, 6) is 0.682. The van der Waals surface area contributed by atoms with Crippen LogP contribution in [0.4, 0.5) is 5.69 Å². The third-order valence-electron chi connectivity index (χ3n) is 2.24. The average Bonchev–Trinajstić information content (AvgIpc) is 2.16. The van der Waals surface area contributed by atoms with Crippen molar-refractivity contribution < 1.29 is 0 Å². The molecule has 0 aliphatic carbocycles. The van der Waals surface area contributed by atoms with Gasteiger partial charge in [0, 0.05) is 29.1 Å². The van der Waals surface area contributed by atoms with E-state index in [2.05, 4.69) is 75.9 Å². The first-order chi connectivity index (χ1) is 7.04. The van der Waals surface area contributed by atoms with Crippen molar-refractivity contribution in [2.45, 2.75) is 19.2 Å². The monoisotopic (exact) mass is 333 g/mol. The largest absolute Gasteiger partial charge is 0.374 e. The van der Waals surface area contributed by atoms with Crippen LogP contribution >= 0.6 is 31.9 Å². The molecule has 0 bridgehead atoms. The molecule has 0 atom stereocenters. The molecule has 0 unspecified atom stereocenters. The van der Waals surface area contributed by atoms with Gasteiger partial charge in [0.2, 0.25) is 0 Å². The quantitative estimate of drug-likeness (QED) is 0.736.